The zero-order valence-corrected chi connectivity index (χ0v) is 18.5. The van der Waals surface area contributed by atoms with Crippen LogP contribution in [0.1, 0.15) is 13.8 Å². The molecule has 0 aliphatic carbocycles. The van der Waals surface area contributed by atoms with Gasteiger partial charge in [-0.15, -0.1) is 0 Å². The zero-order valence-electron chi connectivity index (χ0n) is 17.8. The molecule has 1 aromatic heterocycles. The van der Waals surface area contributed by atoms with E-state index in [0.717, 1.165) is 10.9 Å². The third-order valence-electron chi connectivity index (χ3n) is 4.81. The maximum Gasteiger partial charge on any atom is 0.227 e. The molecule has 0 unspecified atom stereocenters. The summed E-state index contributed by atoms with van der Waals surface area (Å²) in [5.41, 5.74) is 0.744. The maximum atomic E-state index is 11.9. The fourth-order valence-corrected chi connectivity index (χ4v) is 3.35. The summed E-state index contributed by atoms with van der Waals surface area (Å²) in [6.07, 6.45) is 0. The van der Waals surface area contributed by atoms with E-state index in [9.17, 15) is 9.59 Å². The highest BCUT2D eigenvalue weighted by molar-refractivity contribution is 6.31. The second kappa shape index (κ2) is 9.73. The van der Waals surface area contributed by atoms with Gasteiger partial charge in [0.1, 0.15) is 5.82 Å². The Labute approximate surface area is 176 Å². The van der Waals surface area contributed by atoms with Crippen LogP contribution >= 0.6 is 11.6 Å². The van der Waals surface area contributed by atoms with Gasteiger partial charge in [0.05, 0.1) is 17.4 Å². The summed E-state index contributed by atoms with van der Waals surface area (Å²) in [5, 5.41) is 6.72. The lowest BCUT2D eigenvalue weighted by atomic mass is 10.1. The second-order valence-electron chi connectivity index (χ2n) is 7.30. The summed E-state index contributed by atoms with van der Waals surface area (Å²) in [6.45, 7) is 4.67. The quantitative estimate of drug-likeness (QED) is 0.678. The van der Waals surface area contributed by atoms with E-state index in [4.69, 9.17) is 16.6 Å². The van der Waals surface area contributed by atoms with Gasteiger partial charge >= 0.3 is 0 Å². The monoisotopic (exact) mass is 420 g/mol. The third kappa shape index (κ3) is 5.47. The lowest BCUT2D eigenvalue weighted by molar-refractivity contribution is -0.124. The van der Waals surface area contributed by atoms with E-state index in [-0.39, 0.29) is 23.7 Å². The first-order valence-electron chi connectivity index (χ1n) is 9.50. The molecule has 0 saturated heterocycles. The van der Waals surface area contributed by atoms with Gasteiger partial charge in [0.15, 0.2) is 0 Å². The number of benzene rings is 1. The first-order chi connectivity index (χ1) is 13.7. The van der Waals surface area contributed by atoms with Gasteiger partial charge in [0.2, 0.25) is 17.8 Å². The van der Waals surface area contributed by atoms with E-state index in [1.165, 1.54) is 0 Å². The van der Waals surface area contributed by atoms with Crippen LogP contribution in [0.25, 0.3) is 10.9 Å². The summed E-state index contributed by atoms with van der Waals surface area (Å²) in [7, 11) is 6.99. The number of nitrogens with one attached hydrogen (secondary N) is 2. The molecule has 0 fully saturated rings. The topological polar surface area (TPSA) is 90.5 Å². The summed E-state index contributed by atoms with van der Waals surface area (Å²) in [4.78, 5) is 37.0. The number of carbonyl (C=O) groups is 2. The maximum absolute atomic E-state index is 11.9. The molecule has 2 atom stereocenters. The predicted octanol–water partition coefficient (Wildman–Crippen LogP) is 1.92. The van der Waals surface area contributed by atoms with Crippen LogP contribution in [-0.2, 0) is 9.59 Å². The standard InChI is InChI=1S/C20H29ClN6O2/c1-12(18(28)22-3)10-26(5)17-15-9-14(21)7-8-16(15)24-20(25-17)27(6)11-13(2)19(29)23-4/h7-9,12-13H,10-11H2,1-6H3,(H,22,28)(H,23,29)/t12-,13-/m0/s1. The van der Waals surface area contributed by atoms with Crippen molar-refractivity contribution in [3.05, 3.63) is 23.2 Å². The lowest BCUT2D eigenvalue weighted by Gasteiger charge is -2.26. The average Bonchev–Trinajstić information content (AvgIpc) is 2.71. The number of anilines is 2. The first kappa shape index (κ1) is 22.7. The number of fused-ring (bicyclic) bond motifs is 1. The normalized spacial score (nSPS) is 12.9. The van der Waals surface area contributed by atoms with Gasteiger partial charge in [0.25, 0.3) is 0 Å². The van der Waals surface area contributed by atoms with Crippen molar-refractivity contribution in [1.82, 2.24) is 20.6 Å². The molecule has 0 aliphatic rings. The fraction of sp³-hybridized carbons (Fsp3) is 0.500. The van der Waals surface area contributed by atoms with Crippen LogP contribution in [0.5, 0.6) is 0 Å². The summed E-state index contributed by atoms with van der Waals surface area (Å²) >= 11 is 6.20. The molecule has 0 aliphatic heterocycles. The van der Waals surface area contributed by atoms with Gasteiger partial charge in [-0.05, 0) is 18.2 Å². The molecule has 0 bridgehead atoms. The Hall–Kier alpha value is -2.61. The van der Waals surface area contributed by atoms with Crippen molar-refractivity contribution in [2.24, 2.45) is 11.8 Å². The van der Waals surface area contributed by atoms with Crippen molar-refractivity contribution in [2.75, 3.05) is 51.1 Å². The van der Waals surface area contributed by atoms with Gasteiger partial charge in [-0.3, -0.25) is 9.59 Å². The van der Waals surface area contributed by atoms with Crippen molar-refractivity contribution in [1.29, 1.82) is 0 Å². The molecule has 8 nitrogen and oxygen atoms in total. The number of hydrogen-bond acceptors (Lipinski definition) is 6. The second-order valence-corrected chi connectivity index (χ2v) is 7.74. The van der Waals surface area contributed by atoms with Crippen molar-refractivity contribution in [2.45, 2.75) is 13.8 Å². The molecule has 1 heterocycles. The van der Waals surface area contributed by atoms with E-state index >= 15 is 0 Å². The van der Waals surface area contributed by atoms with Gasteiger partial charge in [-0.1, -0.05) is 25.4 Å². The summed E-state index contributed by atoms with van der Waals surface area (Å²) < 4.78 is 0. The molecular weight excluding hydrogens is 392 g/mol. The molecule has 29 heavy (non-hydrogen) atoms. The number of amides is 2. The average molecular weight is 421 g/mol. The first-order valence-corrected chi connectivity index (χ1v) is 9.88. The summed E-state index contributed by atoms with van der Waals surface area (Å²) in [6, 6.07) is 5.45. The molecule has 2 amide bonds. The van der Waals surface area contributed by atoms with Crippen LogP contribution in [0, 0.1) is 11.8 Å². The van der Waals surface area contributed by atoms with Crippen molar-refractivity contribution < 1.29 is 9.59 Å². The summed E-state index contributed by atoms with van der Waals surface area (Å²) in [5.74, 6) is 0.673. The molecule has 0 saturated carbocycles. The minimum atomic E-state index is -0.219. The van der Waals surface area contributed by atoms with E-state index in [0.29, 0.717) is 29.9 Å². The van der Waals surface area contributed by atoms with Gasteiger partial charge in [-0.25, -0.2) is 4.98 Å². The lowest BCUT2D eigenvalue weighted by Crippen LogP contribution is -2.36. The van der Waals surface area contributed by atoms with Crippen LogP contribution in [0.3, 0.4) is 0 Å². The minimum Gasteiger partial charge on any atom is -0.359 e. The molecular formula is C20H29ClN6O2. The van der Waals surface area contributed by atoms with Crippen molar-refractivity contribution in [3.63, 3.8) is 0 Å². The van der Waals surface area contributed by atoms with Crippen LogP contribution < -0.4 is 20.4 Å². The molecule has 0 spiro atoms. The fourth-order valence-electron chi connectivity index (χ4n) is 3.18. The molecule has 0 radical (unpaired) electrons. The highest BCUT2D eigenvalue weighted by Crippen LogP contribution is 2.29. The van der Waals surface area contributed by atoms with Crippen molar-refractivity contribution >= 4 is 46.1 Å². The van der Waals surface area contributed by atoms with E-state index in [1.807, 2.05) is 49.9 Å². The number of aromatic nitrogens is 2. The van der Waals surface area contributed by atoms with E-state index in [2.05, 4.69) is 15.6 Å². The Bertz CT molecular complexity index is 891. The number of rotatable bonds is 8. The largest absolute Gasteiger partial charge is 0.359 e. The van der Waals surface area contributed by atoms with Crippen LogP contribution in [0.15, 0.2) is 18.2 Å². The van der Waals surface area contributed by atoms with E-state index < -0.39 is 0 Å². The van der Waals surface area contributed by atoms with Gasteiger partial charge in [-0.2, -0.15) is 4.98 Å². The van der Waals surface area contributed by atoms with Gasteiger partial charge < -0.3 is 20.4 Å². The Morgan fingerprint density at radius 2 is 1.55 bits per heavy atom. The molecule has 9 heteroatoms. The highest BCUT2D eigenvalue weighted by atomic mass is 35.5. The Kier molecular flexibility index (Phi) is 7.61. The Morgan fingerprint density at radius 1 is 1.00 bits per heavy atom. The number of carbonyl (C=O) groups excluding carboxylic acids is 2. The van der Waals surface area contributed by atoms with Gasteiger partial charge in [0, 0.05) is 51.7 Å². The molecule has 2 N–H and O–H groups in total. The molecule has 1 aromatic carbocycles. The molecule has 158 valence electrons. The molecule has 2 aromatic rings. The van der Waals surface area contributed by atoms with Crippen LogP contribution in [0.4, 0.5) is 11.8 Å². The number of nitrogens with zero attached hydrogens (tertiary/aromatic N) is 4. The minimum absolute atomic E-state index is 0.0370. The SMILES string of the molecule is CNC(=O)[C@@H](C)CN(C)c1nc(N(C)C[C@H](C)C(=O)NC)c2cc(Cl)ccc2n1. The van der Waals surface area contributed by atoms with Crippen LogP contribution in [0.2, 0.25) is 5.02 Å². The highest BCUT2D eigenvalue weighted by Gasteiger charge is 2.20. The van der Waals surface area contributed by atoms with Crippen LogP contribution in [-0.4, -0.2) is 63.1 Å². The van der Waals surface area contributed by atoms with Crippen molar-refractivity contribution in [3.8, 4) is 0 Å². The van der Waals surface area contributed by atoms with E-state index in [1.54, 1.807) is 20.2 Å². The molecule has 2 rings (SSSR count). The Balaban J connectivity index is 2.43. The number of hydrogen-bond donors (Lipinski definition) is 2. The predicted molar refractivity (Wildman–Crippen MR) is 118 cm³/mol. The number of halogens is 1. The third-order valence-corrected chi connectivity index (χ3v) is 5.05. The smallest absolute Gasteiger partial charge is 0.227 e. The zero-order chi connectivity index (χ0) is 21.7. The Morgan fingerprint density at radius 3 is 2.10 bits per heavy atom.